The van der Waals surface area contributed by atoms with E-state index in [0.717, 1.165) is 24.8 Å². The number of Topliss-reactive ketones (excluding diaryl/α,β-unsaturated/α-hetero) is 1. The second-order valence-electron chi connectivity index (χ2n) is 5.96. The maximum absolute atomic E-state index is 11.8. The fraction of sp³-hybridized carbons (Fsp3) is 0.474. The average molecular weight is 314 g/mol. The number of H-pyrrole nitrogens is 1. The minimum atomic E-state index is 0.0353. The van der Waals surface area contributed by atoms with E-state index in [0.29, 0.717) is 32.2 Å². The molecule has 0 radical (unpaired) electrons. The van der Waals surface area contributed by atoms with Crippen molar-refractivity contribution in [2.24, 2.45) is 0 Å². The van der Waals surface area contributed by atoms with E-state index in [1.54, 1.807) is 0 Å². The third kappa shape index (κ3) is 5.55. The summed E-state index contributed by atoms with van der Waals surface area (Å²) in [6, 6.07) is 8.16. The zero-order valence-corrected chi connectivity index (χ0v) is 13.9. The summed E-state index contributed by atoms with van der Waals surface area (Å²) in [7, 11) is 0. The summed E-state index contributed by atoms with van der Waals surface area (Å²) in [5.74, 6) is 0.312. The smallest absolute Gasteiger partial charge is 0.220 e. The quantitative estimate of drug-likeness (QED) is 0.701. The molecule has 0 fully saturated rings. The first-order valence-corrected chi connectivity index (χ1v) is 8.54. The number of rotatable bonds is 10. The van der Waals surface area contributed by atoms with Crippen molar-refractivity contribution in [3.63, 3.8) is 0 Å². The molecule has 0 atom stereocenters. The van der Waals surface area contributed by atoms with Crippen molar-refractivity contribution in [2.45, 2.75) is 51.9 Å². The van der Waals surface area contributed by atoms with Gasteiger partial charge < -0.3 is 10.3 Å². The summed E-state index contributed by atoms with van der Waals surface area (Å²) in [6.07, 6.45) is 7.08. The first-order chi connectivity index (χ1) is 11.2. The molecule has 0 saturated heterocycles. The SMILES string of the molecule is CCCCC(=O)CCCC(=O)NCCc1c[nH]c2ccccc12. The largest absolute Gasteiger partial charge is 0.361 e. The van der Waals surface area contributed by atoms with Gasteiger partial charge in [0.2, 0.25) is 5.91 Å². The molecule has 124 valence electrons. The van der Waals surface area contributed by atoms with Crippen LogP contribution in [0.2, 0.25) is 0 Å². The molecule has 1 amide bonds. The van der Waals surface area contributed by atoms with Crippen LogP contribution in [-0.2, 0) is 16.0 Å². The van der Waals surface area contributed by atoms with Crippen molar-refractivity contribution in [1.29, 1.82) is 0 Å². The second-order valence-corrected chi connectivity index (χ2v) is 5.96. The molecule has 4 nitrogen and oxygen atoms in total. The summed E-state index contributed by atoms with van der Waals surface area (Å²) < 4.78 is 0. The Morgan fingerprint density at radius 3 is 2.70 bits per heavy atom. The molecule has 4 heteroatoms. The van der Waals surface area contributed by atoms with Crippen LogP contribution in [0.4, 0.5) is 0 Å². The van der Waals surface area contributed by atoms with E-state index in [1.165, 1.54) is 10.9 Å². The number of amides is 1. The van der Waals surface area contributed by atoms with Gasteiger partial charge in [0.15, 0.2) is 0 Å². The van der Waals surface area contributed by atoms with Gasteiger partial charge in [0.1, 0.15) is 5.78 Å². The molecule has 1 heterocycles. The Morgan fingerprint density at radius 2 is 1.87 bits per heavy atom. The Kier molecular flexibility index (Phi) is 6.85. The number of benzene rings is 1. The highest BCUT2D eigenvalue weighted by Gasteiger charge is 2.06. The number of carbonyl (C=O) groups is 2. The fourth-order valence-electron chi connectivity index (χ4n) is 2.71. The van der Waals surface area contributed by atoms with Crippen LogP contribution in [0.1, 0.15) is 51.0 Å². The van der Waals surface area contributed by atoms with Gasteiger partial charge in [0, 0.05) is 42.9 Å². The van der Waals surface area contributed by atoms with Crippen LogP contribution in [0, 0.1) is 0 Å². The molecule has 0 bridgehead atoms. The van der Waals surface area contributed by atoms with Crippen molar-refractivity contribution in [2.75, 3.05) is 6.54 Å². The van der Waals surface area contributed by atoms with Crippen molar-refractivity contribution in [3.8, 4) is 0 Å². The van der Waals surface area contributed by atoms with Gasteiger partial charge in [-0.3, -0.25) is 9.59 Å². The number of ketones is 1. The summed E-state index contributed by atoms with van der Waals surface area (Å²) in [6.45, 7) is 2.71. The summed E-state index contributed by atoms with van der Waals surface area (Å²) in [4.78, 5) is 26.6. The molecule has 2 aromatic rings. The molecule has 0 unspecified atom stereocenters. The van der Waals surface area contributed by atoms with Crippen LogP contribution < -0.4 is 5.32 Å². The third-order valence-corrected chi connectivity index (χ3v) is 4.06. The van der Waals surface area contributed by atoms with Gasteiger partial charge in [-0.2, -0.15) is 0 Å². The number of nitrogens with one attached hydrogen (secondary N) is 2. The zero-order chi connectivity index (χ0) is 16.5. The third-order valence-electron chi connectivity index (χ3n) is 4.06. The fourth-order valence-corrected chi connectivity index (χ4v) is 2.71. The van der Waals surface area contributed by atoms with Gasteiger partial charge in [-0.15, -0.1) is 0 Å². The van der Waals surface area contributed by atoms with Crippen LogP contribution in [0.15, 0.2) is 30.5 Å². The maximum Gasteiger partial charge on any atom is 0.220 e. The van der Waals surface area contributed by atoms with E-state index in [-0.39, 0.29) is 11.7 Å². The molecule has 23 heavy (non-hydrogen) atoms. The van der Waals surface area contributed by atoms with Crippen molar-refractivity contribution < 1.29 is 9.59 Å². The van der Waals surface area contributed by atoms with Crippen LogP contribution in [0.3, 0.4) is 0 Å². The van der Waals surface area contributed by atoms with Gasteiger partial charge in [-0.1, -0.05) is 31.5 Å². The van der Waals surface area contributed by atoms with Gasteiger partial charge >= 0.3 is 0 Å². The van der Waals surface area contributed by atoms with Gasteiger partial charge in [-0.25, -0.2) is 0 Å². The number of para-hydroxylation sites is 1. The number of carbonyl (C=O) groups excluding carboxylic acids is 2. The van der Waals surface area contributed by atoms with E-state index in [9.17, 15) is 9.59 Å². The van der Waals surface area contributed by atoms with Crippen molar-refractivity contribution >= 4 is 22.6 Å². The minimum absolute atomic E-state index is 0.0353. The normalized spacial score (nSPS) is 10.8. The number of hydrogen-bond donors (Lipinski definition) is 2. The van der Waals surface area contributed by atoms with Gasteiger partial charge in [-0.05, 0) is 30.9 Å². The lowest BCUT2D eigenvalue weighted by molar-refractivity contribution is -0.121. The van der Waals surface area contributed by atoms with E-state index in [1.807, 2.05) is 24.4 Å². The van der Waals surface area contributed by atoms with Crippen LogP contribution in [0.5, 0.6) is 0 Å². The van der Waals surface area contributed by atoms with Crippen LogP contribution in [-0.4, -0.2) is 23.2 Å². The molecular formula is C19H26N2O2. The Bertz CT molecular complexity index is 646. The zero-order valence-electron chi connectivity index (χ0n) is 13.9. The van der Waals surface area contributed by atoms with E-state index < -0.39 is 0 Å². The molecule has 0 saturated carbocycles. The highest BCUT2D eigenvalue weighted by Crippen LogP contribution is 2.17. The molecule has 1 aromatic carbocycles. The molecular weight excluding hydrogens is 288 g/mol. The molecule has 0 aliphatic heterocycles. The Morgan fingerprint density at radius 1 is 1.09 bits per heavy atom. The number of aromatic amines is 1. The number of hydrogen-bond acceptors (Lipinski definition) is 2. The van der Waals surface area contributed by atoms with Crippen LogP contribution in [0.25, 0.3) is 10.9 Å². The molecule has 2 N–H and O–H groups in total. The van der Waals surface area contributed by atoms with E-state index >= 15 is 0 Å². The Balaban J connectivity index is 1.64. The predicted octanol–water partition coefficient (Wildman–Crippen LogP) is 3.76. The number of aromatic nitrogens is 1. The lowest BCUT2D eigenvalue weighted by Gasteiger charge is -2.05. The van der Waals surface area contributed by atoms with E-state index in [4.69, 9.17) is 0 Å². The average Bonchev–Trinajstić information content (AvgIpc) is 2.96. The topological polar surface area (TPSA) is 62.0 Å². The molecule has 1 aromatic heterocycles. The lowest BCUT2D eigenvalue weighted by atomic mass is 10.1. The Hall–Kier alpha value is -2.10. The predicted molar refractivity (Wildman–Crippen MR) is 93.4 cm³/mol. The number of unbranched alkanes of at least 4 members (excludes halogenated alkanes) is 1. The van der Waals surface area contributed by atoms with Crippen molar-refractivity contribution in [1.82, 2.24) is 10.3 Å². The van der Waals surface area contributed by atoms with Crippen LogP contribution >= 0.6 is 0 Å². The minimum Gasteiger partial charge on any atom is -0.361 e. The first kappa shape index (κ1) is 17.3. The second kappa shape index (κ2) is 9.13. The standard InChI is InChI=1S/C19H26N2O2/c1-2-3-7-16(22)8-6-11-19(23)20-13-12-15-14-21-18-10-5-4-9-17(15)18/h4-5,9-10,14,21H,2-3,6-8,11-13H2,1H3,(H,20,23). The summed E-state index contributed by atoms with van der Waals surface area (Å²) in [5.41, 5.74) is 2.34. The molecule has 0 aliphatic rings. The molecule has 2 rings (SSSR count). The monoisotopic (exact) mass is 314 g/mol. The van der Waals surface area contributed by atoms with Crippen molar-refractivity contribution in [3.05, 3.63) is 36.0 Å². The molecule has 0 aliphatic carbocycles. The lowest BCUT2D eigenvalue weighted by Crippen LogP contribution is -2.25. The summed E-state index contributed by atoms with van der Waals surface area (Å²) >= 11 is 0. The molecule has 0 spiro atoms. The Labute approximate surface area is 137 Å². The first-order valence-electron chi connectivity index (χ1n) is 8.54. The highest BCUT2D eigenvalue weighted by molar-refractivity contribution is 5.83. The van der Waals surface area contributed by atoms with Gasteiger partial charge in [0.25, 0.3) is 0 Å². The number of fused-ring (bicyclic) bond motifs is 1. The van der Waals surface area contributed by atoms with E-state index in [2.05, 4.69) is 23.3 Å². The summed E-state index contributed by atoms with van der Waals surface area (Å²) in [5, 5.41) is 4.15. The highest BCUT2D eigenvalue weighted by atomic mass is 16.1. The van der Waals surface area contributed by atoms with Gasteiger partial charge in [0.05, 0.1) is 0 Å². The maximum atomic E-state index is 11.8.